The SMILES string of the molecule is CCNC(=O)N1CC[C@@]2(CCn3nc(-c4cnc(N)c(-c5cccnc5)c4)cc32)C1. The first-order chi connectivity index (χ1) is 14.6. The van der Waals surface area contributed by atoms with Crippen molar-refractivity contribution in [3.05, 3.63) is 48.5 Å². The van der Waals surface area contributed by atoms with Gasteiger partial charge in [-0.2, -0.15) is 5.10 Å². The number of nitrogens with one attached hydrogen (secondary N) is 1. The Balaban J connectivity index is 1.46. The number of carbonyl (C=O) groups is 1. The second kappa shape index (κ2) is 7.12. The van der Waals surface area contributed by atoms with Gasteiger partial charge in [0.1, 0.15) is 5.82 Å². The maximum atomic E-state index is 12.3. The first-order valence-corrected chi connectivity index (χ1v) is 10.4. The van der Waals surface area contributed by atoms with Gasteiger partial charge in [0.2, 0.25) is 0 Å². The molecule has 154 valence electrons. The van der Waals surface area contributed by atoms with E-state index in [-0.39, 0.29) is 11.4 Å². The number of nitrogens with two attached hydrogens (primary N) is 1. The van der Waals surface area contributed by atoms with Crippen LogP contribution in [-0.4, -0.2) is 50.3 Å². The third-order valence-corrected chi connectivity index (χ3v) is 6.28. The van der Waals surface area contributed by atoms with Crippen LogP contribution in [0.15, 0.2) is 42.9 Å². The fourth-order valence-corrected chi connectivity index (χ4v) is 4.69. The Morgan fingerprint density at radius 3 is 2.90 bits per heavy atom. The maximum Gasteiger partial charge on any atom is 0.317 e. The number of likely N-dealkylation sites (tertiary alicyclic amines) is 1. The van der Waals surface area contributed by atoms with E-state index in [1.54, 1.807) is 18.6 Å². The minimum absolute atomic E-state index is 0.0102. The first-order valence-electron chi connectivity index (χ1n) is 10.4. The summed E-state index contributed by atoms with van der Waals surface area (Å²) in [6.45, 7) is 4.98. The average molecular weight is 403 g/mol. The molecule has 2 aliphatic rings. The molecule has 0 radical (unpaired) electrons. The number of fused-ring (bicyclic) bond motifs is 2. The summed E-state index contributed by atoms with van der Waals surface area (Å²) in [5.74, 6) is 0.475. The molecular weight excluding hydrogens is 378 g/mol. The second-order valence-corrected chi connectivity index (χ2v) is 8.07. The Kier molecular flexibility index (Phi) is 4.42. The molecule has 5 heterocycles. The molecule has 3 aromatic rings. The molecule has 3 aromatic heterocycles. The van der Waals surface area contributed by atoms with Crippen molar-refractivity contribution in [2.45, 2.75) is 31.7 Å². The maximum absolute atomic E-state index is 12.3. The van der Waals surface area contributed by atoms with E-state index in [0.29, 0.717) is 12.4 Å². The van der Waals surface area contributed by atoms with Crippen LogP contribution in [0.25, 0.3) is 22.4 Å². The second-order valence-electron chi connectivity index (χ2n) is 8.07. The first kappa shape index (κ1) is 18.6. The van der Waals surface area contributed by atoms with Crippen molar-refractivity contribution in [3.8, 4) is 22.4 Å². The molecule has 0 bridgehead atoms. The standard InChI is InChI=1S/C22H25N7O/c1-2-25-21(30)28-8-5-22(14-28)6-9-29-19(22)11-18(27-29)16-10-17(20(23)26-13-16)15-4-3-7-24-12-15/h3-4,7,10-13H,2,5-6,8-9,14H2,1H3,(H2,23,26)(H,25,30)/t22-/m1/s1. The zero-order valence-electron chi connectivity index (χ0n) is 17.0. The minimum Gasteiger partial charge on any atom is -0.383 e. The number of rotatable bonds is 3. The largest absolute Gasteiger partial charge is 0.383 e. The van der Waals surface area contributed by atoms with E-state index in [9.17, 15) is 4.79 Å². The number of aromatic nitrogens is 4. The van der Waals surface area contributed by atoms with E-state index in [2.05, 4.69) is 26.0 Å². The van der Waals surface area contributed by atoms with Crippen LogP contribution >= 0.6 is 0 Å². The van der Waals surface area contributed by atoms with E-state index < -0.39 is 0 Å². The highest BCUT2D eigenvalue weighted by atomic mass is 16.2. The number of aryl methyl sites for hydroxylation is 1. The number of hydrogen-bond acceptors (Lipinski definition) is 5. The normalized spacial score (nSPS) is 20.0. The van der Waals surface area contributed by atoms with Crippen LogP contribution in [0.2, 0.25) is 0 Å². The van der Waals surface area contributed by atoms with Gasteiger partial charge >= 0.3 is 6.03 Å². The van der Waals surface area contributed by atoms with E-state index in [1.165, 1.54) is 5.69 Å². The van der Waals surface area contributed by atoms with E-state index in [4.69, 9.17) is 10.8 Å². The lowest BCUT2D eigenvalue weighted by Gasteiger charge is -2.23. The molecule has 8 heteroatoms. The molecule has 2 amide bonds. The van der Waals surface area contributed by atoms with Gasteiger partial charge in [-0.05, 0) is 38.0 Å². The zero-order chi connectivity index (χ0) is 20.7. The molecule has 1 spiro atoms. The molecule has 1 atom stereocenters. The number of nitrogen functional groups attached to an aromatic ring is 1. The average Bonchev–Trinajstić information content (AvgIpc) is 3.46. The lowest BCUT2D eigenvalue weighted by Crippen LogP contribution is -2.40. The highest BCUT2D eigenvalue weighted by Gasteiger charge is 2.46. The van der Waals surface area contributed by atoms with Gasteiger partial charge in [-0.3, -0.25) is 9.67 Å². The Labute approximate surface area is 175 Å². The zero-order valence-corrected chi connectivity index (χ0v) is 17.0. The molecule has 0 saturated carbocycles. The molecule has 3 N–H and O–H groups in total. The summed E-state index contributed by atoms with van der Waals surface area (Å²) in [7, 11) is 0. The van der Waals surface area contributed by atoms with Gasteiger partial charge in [-0.25, -0.2) is 9.78 Å². The van der Waals surface area contributed by atoms with Gasteiger partial charge in [0.05, 0.1) is 5.69 Å². The van der Waals surface area contributed by atoms with Gasteiger partial charge in [0, 0.05) is 72.6 Å². The predicted molar refractivity (Wildman–Crippen MR) is 115 cm³/mol. The number of urea groups is 1. The van der Waals surface area contributed by atoms with Crippen LogP contribution in [0.5, 0.6) is 0 Å². The van der Waals surface area contributed by atoms with Gasteiger partial charge in [-0.15, -0.1) is 0 Å². The summed E-state index contributed by atoms with van der Waals surface area (Å²) in [6, 6.07) is 8.07. The summed E-state index contributed by atoms with van der Waals surface area (Å²) < 4.78 is 2.09. The summed E-state index contributed by atoms with van der Waals surface area (Å²) in [6.07, 6.45) is 7.29. The molecule has 30 heavy (non-hydrogen) atoms. The van der Waals surface area contributed by atoms with Gasteiger partial charge in [-0.1, -0.05) is 6.07 Å². The lowest BCUT2D eigenvalue weighted by atomic mass is 9.82. The Bertz CT molecular complexity index is 1090. The van der Waals surface area contributed by atoms with Crippen molar-refractivity contribution in [2.75, 3.05) is 25.4 Å². The van der Waals surface area contributed by atoms with E-state index >= 15 is 0 Å². The van der Waals surface area contributed by atoms with Crippen LogP contribution in [0, 0.1) is 0 Å². The van der Waals surface area contributed by atoms with Crippen molar-refractivity contribution in [1.29, 1.82) is 0 Å². The molecule has 0 unspecified atom stereocenters. The number of nitrogens with zero attached hydrogens (tertiary/aromatic N) is 5. The van der Waals surface area contributed by atoms with Crippen LogP contribution in [-0.2, 0) is 12.0 Å². The van der Waals surface area contributed by atoms with Crippen molar-refractivity contribution in [1.82, 2.24) is 30.0 Å². The number of carbonyl (C=O) groups excluding carboxylic acids is 1. The fraction of sp³-hybridized carbons (Fsp3) is 0.364. The summed E-state index contributed by atoms with van der Waals surface area (Å²) in [4.78, 5) is 22.8. The molecule has 1 fully saturated rings. The van der Waals surface area contributed by atoms with Crippen molar-refractivity contribution in [3.63, 3.8) is 0 Å². The molecule has 1 saturated heterocycles. The highest BCUT2D eigenvalue weighted by molar-refractivity contribution is 5.78. The van der Waals surface area contributed by atoms with Gasteiger partial charge in [0.25, 0.3) is 0 Å². The lowest BCUT2D eigenvalue weighted by molar-refractivity contribution is 0.206. The minimum atomic E-state index is -0.0102. The van der Waals surface area contributed by atoms with Crippen molar-refractivity contribution < 1.29 is 4.79 Å². The fourth-order valence-electron chi connectivity index (χ4n) is 4.69. The topological polar surface area (TPSA) is 102 Å². The van der Waals surface area contributed by atoms with Gasteiger partial charge < -0.3 is 16.0 Å². The molecule has 2 aliphatic heterocycles. The smallest absolute Gasteiger partial charge is 0.317 e. The summed E-state index contributed by atoms with van der Waals surface area (Å²) >= 11 is 0. The Morgan fingerprint density at radius 2 is 2.10 bits per heavy atom. The Morgan fingerprint density at radius 1 is 1.23 bits per heavy atom. The molecule has 0 aliphatic carbocycles. The molecule has 0 aromatic carbocycles. The monoisotopic (exact) mass is 403 g/mol. The third kappa shape index (κ3) is 2.99. The van der Waals surface area contributed by atoms with Crippen LogP contribution < -0.4 is 11.1 Å². The Hall–Kier alpha value is -3.42. The number of pyridine rings is 2. The van der Waals surface area contributed by atoms with Crippen LogP contribution in [0.1, 0.15) is 25.5 Å². The van der Waals surface area contributed by atoms with E-state index in [1.807, 2.05) is 30.0 Å². The van der Waals surface area contributed by atoms with Crippen molar-refractivity contribution >= 4 is 11.8 Å². The molecule has 5 rings (SSSR count). The summed E-state index contributed by atoms with van der Waals surface area (Å²) in [5.41, 5.74) is 10.9. The highest BCUT2D eigenvalue weighted by Crippen LogP contribution is 2.44. The van der Waals surface area contributed by atoms with Crippen LogP contribution in [0.4, 0.5) is 10.6 Å². The number of anilines is 1. The van der Waals surface area contributed by atoms with Crippen molar-refractivity contribution in [2.24, 2.45) is 0 Å². The number of amides is 2. The quantitative estimate of drug-likeness (QED) is 0.700. The number of hydrogen-bond donors (Lipinski definition) is 2. The molecule has 8 nitrogen and oxygen atoms in total. The van der Waals surface area contributed by atoms with Crippen LogP contribution in [0.3, 0.4) is 0 Å². The molecular formula is C22H25N7O. The third-order valence-electron chi connectivity index (χ3n) is 6.28. The van der Waals surface area contributed by atoms with E-state index in [0.717, 1.165) is 54.9 Å². The summed E-state index contributed by atoms with van der Waals surface area (Å²) in [5, 5.41) is 7.77. The predicted octanol–water partition coefficient (Wildman–Crippen LogP) is 2.67. The van der Waals surface area contributed by atoms with Gasteiger partial charge in [0.15, 0.2) is 0 Å².